The van der Waals surface area contributed by atoms with E-state index in [9.17, 15) is 9.59 Å². The van der Waals surface area contributed by atoms with Gasteiger partial charge in [-0.15, -0.1) is 0 Å². The second kappa shape index (κ2) is 7.58. The van der Waals surface area contributed by atoms with E-state index in [2.05, 4.69) is 5.32 Å². The van der Waals surface area contributed by atoms with Crippen molar-refractivity contribution in [3.05, 3.63) is 57.4 Å². The SMILES string of the molecule is Cc1c(CC(=O)Nc2ccc3c(c2)OCCO3)c(=O)oc2cc3c(cc12)CCC(C)(C)O3. The Balaban J connectivity index is 1.41. The van der Waals surface area contributed by atoms with Crippen LogP contribution in [0.2, 0.25) is 0 Å². The van der Waals surface area contributed by atoms with E-state index >= 15 is 0 Å². The topological polar surface area (TPSA) is 87.0 Å². The molecule has 0 saturated heterocycles. The van der Waals surface area contributed by atoms with E-state index in [0.717, 1.165) is 35.1 Å². The van der Waals surface area contributed by atoms with E-state index < -0.39 is 5.63 Å². The molecule has 2 aliphatic rings. The van der Waals surface area contributed by atoms with Crippen molar-refractivity contribution in [2.45, 2.75) is 45.6 Å². The van der Waals surface area contributed by atoms with Gasteiger partial charge in [0.2, 0.25) is 5.91 Å². The summed E-state index contributed by atoms with van der Waals surface area (Å²) in [5.41, 5.74) is 2.48. The highest BCUT2D eigenvalue weighted by atomic mass is 16.6. The Labute approximate surface area is 185 Å². The Morgan fingerprint density at radius 1 is 1.06 bits per heavy atom. The van der Waals surface area contributed by atoms with Gasteiger partial charge in [0.25, 0.3) is 0 Å². The summed E-state index contributed by atoms with van der Waals surface area (Å²) in [6.07, 6.45) is 1.71. The van der Waals surface area contributed by atoms with Crippen LogP contribution in [-0.4, -0.2) is 24.7 Å². The number of nitrogens with one attached hydrogen (secondary N) is 1. The molecule has 5 rings (SSSR count). The third-order valence-electron chi connectivity index (χ3n) is 6.01. The summed E-state index contributed by atoms with van der Waals surface area (Å²) >= 11 is 0. The first-order valence-corrected chi connectivity index (χ1v) is 10.8. The maximum Gasteiger partial charge on any atom is 0.340 e. The first kappa shape index (κ1) is 20.4. The standard InChI is InChI=1S/C25H25NO6/c1-14-17-10-15-6-7-25(2,3)32-20(15)13-21(17)31-24(28)18(14)12-23(27)26-16-4-5-19-22(11-16)30-9-8-29-19/h4-5,10-11,13H,6-9,12H2,1-3H3,(H,26,27). The smallest absolute Gasteiger partial charge is 0.340 e. The molecule has 166 valence electrons. The van der Waals surface area contributed by atoms with Gasteiger partial charge < -0.3 is 23.9 Å². The first-order valence-electron chi connectivity index (χ1n) is 10.8. The summed E-state index contributed by atoms with van der Waals surface area (Å²) in [7, 11) is 0. The van der Waals surface area contributed by atoms with E-state index in [1.165, 1.54) is 0 Å². The fourth-order valence-corrected chi connectivity index (χ4v) is 4.23. The van der Waals surface area contributed by atoms with Crippen LogP contribution in [0.1, 0.15) is 37.0 Å². The Kier molecular flexibility index (Phi) is 4.84. The fourth-order valence-electron chi connectivity index (χ4n) is 4.23. The number of amides is 1. The van der Waals surface area contributed by atoms with Crippen LogP contribution in [-0.2, 0) is 17.6 Å². The second-order valence-electron chi connectivity index (χ2n) is 8.89. The Bertz CT molecular complexity index is 1290. The molecule has 0 saturated carbocycles. The number of ether oxygens (including phenoxy) is 3. The molecular weight excluding hydrogens is 410 g/mol. The van der Waals surface area contributed by atoms with Crippen LogP contribution >= 0.6 is 0 Å². The minimum atomic E-state index is -0.512. The average molecular weight is 435 g/mol. The molecule has 1 N–H and O–H groups in total. The van der Waals surface area contributed by atoms with Crippen LogP contribution < -0.4 is 25.2 Å². The Morgan fingerprint density at radius 3 is 2.66 bits per heavy atom. The van der Waals surface area contributed by atoms with Gasteiger partial charge in [-0.3, -0.25) is 4.79 Å². The number of fused-ring (bicyclic) bond motifs is 3. The maximum absolute atomic E-state index is 12.7. The van der Waals surface area contributed by atoms with Crippen molar-refractivity contribution in [3.63, 3.8) is 0 Å². The minimum Gasteiger partial charge on any atom is -0.487 e. The van der Waals surface area contributed by atoms with Gasteiger partial charge in [0.05, 0.1) is 12.0 Å². The number of hydrogen-bond acceptors (Lipinski definition) is 6. The summed E-state index contributed by atoms with van der Waals surface area (Å²) < 4.78 is 22.7. The van der Waals surface area contributed by atoms with E-state index in [4.69, 9.17) is 18.6 Å². The van der Waals surface area contributed by atoms with E-state index in [-0.39, 0.29) is 17.9 Å². The van der Waals surface area contributed by atoms with Crippen LogP contribution in [0.25, 0.3) is 11.0 Å². The monoisotopic (exact) mass is 435 g/mol. The number of aryl methyl sites for hydroxylation is 2. The fraction of sp³-hybridized carbons (Fsp3) is 0.360. The van der Waals surface area contributed by atoms with Crippen molar-refractivity contribution in [2.24, 2.45) is 0 Å². The summed E-state index contributed by atoms with van der Waals surface area (Å²) in [6, 6.07) is 9.02. The molecule has 7 nitrogen and oxygen atoms in total. The van der Waals surface area contributed by atoms with Gasteiger partial charge in [0, 0.05) is 23.2 Å². The second-order valence-corrected chi connectivity index (χ2v) is 8.89. The average Bonchev–Trinajstić information content (AvgIpc) is 2.75. The molecule has 2 aromatic carbocycles. The highest BCUT2D eigenvalue weighted by Gasteiger charge is 2.28. The van der Waals surface area contributed by atoms with Gasteiger partial charge in [0.15, 0.2) is 11.5 Å². The van der Waals surface area contributed by atoms with Crippen molar-refractivity contribution >= 4 is 22.6 Å². The van der Waals surface area contributed by atoms with Crippen molar-refractivity contribution in [2.75, 3.05) is 18.5 Å². The Morgan fingerprint density at radius 2 is 1.84 bits per heavy atom. The van der Waals surface area contributed by atoms with Gasteiger partial charge in [0.1, 0.15) is 30.1 Å². The maximum atomic E-state index is 12.7. The zero-order chi connectivity index (χ0) is 22.5. The molecule has 7 heteroatoms. The van der Waals surface area contributed by atoms with Crippen LogP contribution in [0.15, 0.2) is 39.5 Å². The normalized spacial score (nSPS) is 16.2. The highest BCUT2D eigenvalue weighted by Crippen LogP contribution is 2.37. The van der Waals surface area contributed by atoms with E-state index in [1.54, 1.807) is 24.3 Å². The Hall–Kier alpha value is -3.48. The molecule has 1 aromatic heterocycles. The number of carbonyl (C=O) groups is 1. The van der Waals surface area contributed by atoms with Crippen LogP contribution in [0.4, 0.5) is 5.69 Å². The number of hydrogen-bond donors (Lipinski definition) is 1. The molecule has 0 radical (unpaired) electrons. The van der Waals surface area contributed by atoms with Gasteiger partial charge >= 0.3 is 5.63 Å². The van der Waals surface area contributed by atoms with E-state index in [0.29, 0.717) is 41.5 Å². The van der Waals surface area contributed by atoms with Crippen LogP contribution in [0.5, 0.6) is 17.2 Å². The molecule has 0 atom stereocenters. The van der Waals surface area contributed by atoms with E-state index in [1.807, 2.05) is 26.8 Å². The lowest BCUT2D eigenvalue weighted by molar-refractivity contribution is -0.115. The number of rotatable bonds is 3. The molecule has 0 aliphatic carbocycles. The third-order valence-corrected chi connectivity index (χ3v) is 6.01. The zero-order valence-corrected chi connectivity index (χ0v) is 18.4. The molecule has 32 heavy (non-hydrogen) atoms. The molecule has 2 aliphatic heterocycles. The lowest BCUT2D eigenvalue weighted by atomic mass is 9.92. The number of carbonyl (C=O) groups excluding carboxylic acids is 1. The van der Waals surface area contributed by atoms with Gasteiger partial charge in [-0.2, -0.15) is 0 Å². The van der Waals surface area contributed by atoms with Crippen molar-refractivity contribution in [3.8, 4) is 17.2 Å². The predicted octanol–water partition coefficient (Wildman–Crippen LogP) is 4.16. The van der Waals surface area contributed by atoms with Gasteiger partial charge in [-0.05, 0) is 62.9 Å². The number of benzene rings is 2. The van der Waals surface area contributed by atoms with Crippen molar-refractivity contribution < 1.29 is 23.4 Å². The number of anilines is 1. The summed E-state index contributed by atoms with van der Waals surface area (Å²) in [5, 5.41) is 3.65. The summed E-state index contributed by atoms with van der Waals surface area (Å²) in [5.74, 6) is 1.68. The molecule has 0 unspecified atom stereocenters. The molecular formula is C25H25NO6. The van der Waals surface area contributed by atoms with Crippen molar-refractivity contribution in [1.82, 2.24) is 0 Å². The van der Waals surface area contributed by atoms with Gasteiger partial charge in [-0.25, -0.2) is 4.79 Å². The molecule has 0 fully saturated rings. The van der Waals surface area contributed by atoms with Crippen LogP contribution in [0, 0.1) is 6.92 Å². The zero-order valence-electron chi connectivity index (χ0n) is 18.4. The summed E-state index contributed by atoms with van der Waals surface area (Å²) in [6.45, 7) is 6.92. The van der Waals surface area contributed by atoms with Crippen LogP contribution in [0.3, 0.4) is 0 Å². The molecule has 0 spiro atoms. The molecule has 0 bridgehead atoms. The quantitative estimate of drug-likeness (QED) is 0.622. The highest BCUT2D eigenvalue weighted by molar-refractivity contribution is 5.94. The van der Waals surface area contributed by atoms with Gasteiger partial charge in [-0.1, -0.05) is 0 Å². The predicted molar refractivity (Wildman–Crippen MR) is 120 cm³/mol. The lowest BCUT2D eigenvalue weighted by Gasteiger charge is -2.32. The molecule has 1 amide bonds. The van der Waals surface area contributed by atoms with Crippen molar-refractivity contribution in [1.29, 1.82) is 0 Å². The first-order chi connectivity index (χ1) is 15.3. The molecule has 3 aromatic rings. The minimum absolute atomic E-state index is 0.0842. The third kappa shape index (κ3) is 3.79. The molecule has 3 heterocycles. The lowest BCUT2D eigenvalue weighted by Crippen LogP contribution is -2.32. The summed E-state index contributed by atoms with van der Waals surface area (Å²) in [4.78, 5) is 25.4. The largest absolute Gasteiger partial charge is 0.487 e.